The molecule has 0 saturated carbocycles. The highest BCUT2D eigenvalue weighted by Crippen LogP contribution is 2.25. The van der Waals surface area contributed by atoms with Gasteiger partial charge in [-0.05, 0) is 19.8 Å². The number of nitrogens with one attached hydrogen (secondary N) is 1. The molecule has 1 N–H and O–H groups in total. The Morgan fingerprint density at radius 2 is 2.38 bits per heavy atom. The zero-order valence-electron chi connectivity index (χ0n) is 9.59. The lowest BCUT2D eigenvalue weighted by atomic mass is 9.93. The summed E-state index contributed by atoms with van der Waals surface area (Å²) in [7, 11) is 1.87. The van der Waals surface area contributed by atoms with Crippen molar-refractivity contribution >= 4 is 17.5 Å². The van der Waals surface area contributed by atoms with Crippen LogP contribution in [0.2, 0.25) is 5.02 Å². The predicted molar refractivity (Wildman–Crippen MR) is 62.4 cm³/mol. The van der Waals surface area contributed by atoms with Gasteiger partial charge in [-0.3, -0.25) is 9.48 Å². The van der Waals surface area contributed by atoms with E-state index in [9.17, 15) is 4.79 Å². The predicted octanol–water partition coefficient (Wildman–Crippen LogP) is 1.45. The molecule has 1 amide bonds. The minimum atomic E-state index is 0.0426. The van der Waals surface area contributed by atoms with Gasteiger partial charge in [0.2, 0.25) is 5.91 Å². The molecule has 2 rings (SSSR count). The Kier molecular flexibility index (Phi) is 3.19. The lowest BCUT2D eigenvalue weighted by Crippen LogP contribution is -2.37. The van der Waals surface area contributed by atoms with Gasteiger partial charge in [0.15, 0.2) is 0 Å². The maximum absolute atomic E-state index is 11.6. The summed E-state index contributed by atoms with van der Waals surface area (Å²) in [6.07, 6.45) is 2.67. The molecule has 16 heavy (non-hydrogen) atoms. The Balaban J connectivity index is 2.16. The van der Waals surface area contributed by atoms with Crippen LogP contribution in [0.5, 0.6) is 0 Å². The van der Waals surface area contributed by atoms with E-state index >= 15 is 0 Å². The van der Waals surface area contributed by atoms with E-state index in [4.69, 9.17) is 11.6 Å². The van der Waals surface area contributed by atoms with Crippen LogP contribution in [0.3, 0.4) is 0 Å². The van der Waals surface area contributed by atoms with Crippen LogP contribution in [0, 0.1) is 12.8 Å². The monoisotopic (exact) mass is 241 g/mol. The number of rotatable bonds is 2. The molecule has 1 atom stereocenters. The fraction of sp³-hybridized carbons (Fsp3) is 0.636. The van der Waals surface area contributed by atoms with Gasteiger partial charge in [-0.25, -0.2) is 0 Å². The van der Waals surface area contributed by atoms with E-state index in [0.29, 0.717) is 11.4 Å². The highest BCUT2D eigenvalue weighted by Gasteiger charge is 2.25. The van der Waals surface area contributed by atoms with Gasteiger partial charge in [0, 0.05) is 25.9 Å². The second kappa shape index (κ2) is 4.45. The first-order chi connectivity index (χ1) is 7.59. The number of aromatic nitrogens is 2. The van der Waals surface area contributed by atoms with E-state index in [1.807, 2.05) is 14.0 Å². The average molecular weight is 242 g/mol. The molecule has 0 aromatic carbocycles. The number of aryl methyl sites for hydroxylation is 2. The summed E-state index contributed by atoms with van der Waals surface area (Å²) < 4.78 is 1.78. The van der Waals surface area contributed by atoms with Crippen molar-refractivity contribution in [3.63, 3.8) is 0 Å². The van der Waals surface area contributed by atoms with Gasteiger partial charge >= 0.3 is 0 Å². The van der Waals surface area contributed by atoms with E-state index in [1.165, 1.54) is 0 Å². The normalized spacial score (nSPS) is 20.9. The third-order valence-corrected chi connectivity index (χ3v) is 3.59. The first-order valence-corrected chi connectivity index (χ1v) is 5.93. The van der Waals surface area contributed by atoms with Crippen molar-refractivity contribution in [2.75, 3.05) is 6.54 Å². The molecular formula is C11H16ClN3O. The molecule has 2 heterocycles. The smallest absolute Gasteiger partial charge is 0.223 e. The van der Waals surface area contributed by atoms with Crippen molar-refractivity contribution in [1.29, 1.82) is 0 Å². The average Bonchev–Trinajstić information content (AvgIpc) is 2.48. The summed E-state index contributed by atoms with van der Waals surface area (Å²) in [4.78, 5) is 11.6. The number of hydrogen-bond donors (Lipinski definition) is 1. The zero-order chi connectivity index (χ0) is 11.7. The molecule has 1 aromatic rings. The van der Waals surface area contributed by atoms with Crippen LogP contribution in [0.25, 0.3) is 0 Å². The zero-order valence-corrected chi connectivity index (χ0v) is 10.3. The quantitative estimate of drug-likeness (QED) is 0.852. The molecular weight excluding hydrogens is 226 g/mol. The molecule has 88 valence electrons. The third-order valence-electron chi connectivity index (χ3n) is 3.10. The number of amides is 1. The molecule has 0 spiro atoms. The third kappa shape index (κ3) is 2.07. The van der Waals surface area contributed by atoms with Gasteiger partial charge in [0.1, 0.15) is 0 Å². The molecule has 1 aliphatic heterocycles. The number of carbonyl (C=O) groups is 1. The molecule has 1 saturated heterocycles. The van der Waals surface area contributed by atoms with Crippen LogP contribution < -0.4 is 5.32 Å². The van der Waals surface area contributed by atoms with Crippen LogP contribution in [0.4, 0.5) is 0 Å². The van der Waals surface area contributed by atoms with Gasteiger partial charge < -0.3 is 5.32 Å². The van der Waals surface area contributed by atoms with Crippen LogP contribution in [0.15, 0.2) is 0 Å². The van der Waals surface area contributed by atoms with E-state index in [-0.39, 0.29) is 11.8 Å². The first kappa shape index (κ1) is 11.5. The number of carbonyl (C=O) groups excluding carboxylic acids is 1. The van der Waals surface area contributed by atoms with Crippen LogP contribution in [0.1, 0.15) is 24.2 Å². The highest BCUT2D eigenvalue weighted by molar-refractivity contribution is 6.31. The van der Waals surface area contributed by atoms with Crippen molar-refractivity contribution in [2.45, 2.75) is 26.2 Å². The van der Waals surface area contributed by atoms with Crippen molar-refractivity contribution in [3.05, 3.63) is 16.4 Å². The van der Waals surface area contributed by atoms with E-state index in [0.717, 1.165) is 30.8 Å². The topological polar surface area (TPSA) is 46.9 Å². The summed E-state index contributed by atoms with van der Waals surface area (Å²) in [5.74, 6) is 0.183. The largest absolute Gasteiger partial charge is 0.356 e. The lowest BCUT2D eigenvalue weighted by molar-refractivity contribution is -0.126. The lowest BCUT2D eigenvalue weighted by Gasteiger charge is -2.21. The Morgan fingerprint density at radius 3 is 2.94 bits per heavy atom. The fourth-order valence-corrected chi connectivity index (χ4v) is 2.40. The summed E-state index contributed by atoms with van der Waals surface area (Å²) in [6.45, 7) is 2.68. The number of piperidine rings is 1. The number of hydrogen-bond acceptors (Lipinski definition) is 2. The van der Waals surface area contributed by atoms with Crippen LogP contribution in [-0.2, 0) is 18.3 Å². The Hall–Kier alpha value is -1.03. The van der Waals surface area contributed by atoms with E-state index in [1.54, 1.807) is 4.68 Å². The molecule has 4 nitrogen and oxygen atoms in total. The minimum Gasteiger partial charge on any atom is -0.356 e. The molecule has 5 heteroatoms. The van der Waals surface area contributed by atoms with Crippen molar-refractivity contribution < 1.29 is 4.79 Å². The molecule has 1 aromatic heterocycles. The van der Waals surface area contributed by atoms with Crippen molar-refractivity contribution in [3.8, 4) is 0 Å². The molecule has 1 aliphatic rings. The van der Waals surface area contributed by atoms with Crippen LogP contribution in [-0.4, -0.2) is 22.2 Å². The number of halogens is 1. The van der Waals surface area contributed by atoms with Gasteiger partial charge in [-0.2, -0.15) is 5.10 Å². The Bertz CT molecular complexity index is 414. The Labute approximate surface area is 100.0 Å². The van der Waals surface area contributed by atoms with Crippen molar-refractivity contribution in [2.24, 2.45) is 13.0 Å². The standard InChI is InChI=1S/C11H16ClN3O/c1-7-10(12)9(15(2)14-7)6-8-4-3-5-13-11(8)16/h8H,3-6H2,1-2H3,(H,13,16). The molecule has 0 aliphatic carbocycles. The second-order valence-corrected chi connectivity index (χ2v) is 4.68. The summed E-state index contributed by atoms with van der Waals surface area (Å²) in [5.41, 5.74) is 1.79. The molecule has 1 fully saturated rings. The summed E-state index contributed by atoms with van der Waals surface area (Å²) in [6, 6.07) is 0. The SMILES string of the molecule is Cc1nn(C)c(CC2CCCNC2=O)c1Cl. The molecule has 0 radical (unpaired) electrons. The summed E-state index contributed by atoms with van der Waals surface area (Å²) >= 11 is 6.17. The maximum atomic E-state index is 11.6. The number of nitrogens with zero attached hydrogens (tertiary/aromatic N) is 2. The summed E-state index contributed by atoms with van der Waals surface area (Å²) in [5, 5.41) is 7.84. The Morgan fingerprint density at radius 1 is 1.62 bits per heavy atom. The van der Waals surface area contributed by atoms with Gasteiger partial charge in [-0.1, -0.05) is 11.6 Å². The van der Waals surface area contributed by atoms with Crippen molar-refractivity contribution in [1.82, 2.24) is 15.1 Å². The molecule has 1 unspecified atom stereocenters. The van der Waals surface area contributed by atoms with Gasteiger partial charge in [0.05, 0.1) is 16.4 Å². The molecule has 0 bridgehead atoms. The van der Waals surface area contributed by atoms with E-state index in [2.05, 4.69) is 10.4 Å². The van der Waals surface area contributed by atoms with Gasteiger partial charge in [0.25, 0.3) is 0 Å². The van der Waals surface area contributed by atoms with E-state index < -0.39 is 0 Å². The maximum Gasteiger partial charge on any atom is 0.223 e. The minimum absolute atomic E-state index is 0.0426. The first-order valence-electron chi connectivity index (χ1n) is 5.55. The second-order valence-electron chi connectivity index (χ2n) is 4.30. The highest BCUT2D eigenvalue weighted by atomic mass is 35.5. The fourth-order valence-electron chi connectivity index (χ4n) is 2.17. The van der Waals surface area contributed by atoms with Crippen LogP contribution >= 0.6 is 11.6 Å². The van der Waals surface area contributed by atoms with Gasteiger partial charge in [-0.15, -0.1) is 0 Å².